The lowest BCUT2D eigenvalue weighted by atomic mass is 10.00. The van der Waals surface area contributed by atoms with Crippen LogP contribution in [0, 0.1) is 5.92 Å². The van der Waals surface area contributed by atoms with Crippen molar-refractivity contribution in [2.75, 3.05) is 37.6 Å². The van der Waals surface area contributed by atoms with E-state index in [9.17, 15) is 15.3 Å². The highest BCUT2D eigenvalue weighted by atomic mass is 32.1. The first-order valence-corrected chi connectivity index (χ1v) is 9.33. The van der Waals surface area contributed by atoms with Crippen molar-refractivity contribution in [2.45, 2.75) is 24.7 Å². The van der Waals surface area contributed by atoms with E-state index in [-0.39, 0.29) is 0 Å². The summed E-state index contributed by atoms with van der Waals surface area (Å²) in [6.45, 7) is 3.65. The van der Waals surface area contributed by atoms with Crippen LogP contribution in [0.2, 0.25) is 0 Å². The van der Waals surface area contributed by atoms with E-state index in [1.807, 2.05) is 5.51 Å². The van der Waals surface area contributed by atoms with Gasteiger partial charge in [-0.1, -0.05) is 6.07 Å². The maximum absolute atomic E-state index is 9.85. The van der Waals surface area contributed by atoms with Crippen molar-refractivity contribution in [1.82, 2.24) is 9.88 Å². The molecular weight excluding hydrogens is 326 g/mol. The topological polar surface area (TPSA) is 80.1 Å². The van der Waals surface area contributed by atoms with Crippen molar-refractivity contribution in [1.29, 1.82) is 0 Å². The molecule has 0 bridgehead atoms. The Balaban J connectivity index is 1.41. The monoisotopic (exact) mass is 349 g/mol. The van der Waals surface area contributed by atoms with Crippen LogP contribution in [0.15, 0.2) is 23.7 Å². The van der Waals surface area contributed by atoms with Gasteiger partial charge in [0.2, 0.25) is 0 Å². The van der Waals surface area contributed by atoms with Crippen LogP contribution in [0.4, 0.5) is 5.69 Å². The second-order valence-electron chi connectivity index (χ2n) is 6.92. The molecule has 2 aliphatic heterocycles. The molecule has 130 valence electrons. The van der Waals surface area contributed by atoms with E-state index in [2.05, 4.69) is 33.0 Å². The molecule has 2 fully saturated rings. The van der Waals surface area contributed by atoms with Gasteiger partial charge in [-0.3, -0.25) is 4.90 Å². The van der Waals surface area contributed by atoms with Gasteiger partial charge in [-0.05, 0) is 24.5 Å². The molecule has 0 amide bonds. The zero-order valence-electron chi connectivity index (χ0n) is 13.5. The van der Waals surface area contributed by atoms with Gasteiger partial charge in [0.1, 0.15) is 11.6 Å². The van der Waals surface area contributed by atoms with Crippen LogP contribution in [0.5, 0.6) is 0 Å². The minimum absolute atomic E-state index is 0.427. The predicted molar refractivity (Wildman–Crippen MR) is 94.4 cm³/mol. The third kappa shape index (κ3) is 3.02. The summed E-state index contributed by atoms with van der Waals surface area (Å²) in [7, 11) is 0. The number of fused-ring (bicyclic) bond motifs is 1. The van der Waals surface area contributed by atoms with Gasteiger partial charge in [0.15, 0.2) is 0 Å². The molecular formula is C17H23N3O3S. The predicted octanol–water partition coefficient (Wildman–Crippen LogP) is 0.521. The molecule has 2 saturated heterocycles. The zero-order valence-corrected chi connectivity index (χ0v) is 14.3. The van der Waals surface area contributed by atoms with Crippen LogP contribution in [-0.4, -0.2) is 76.2 Å². The molecule has 2 aromatic rings. The lowest BCUT2D eigenvalue weighted by molar-refractivity contribution is -0.111. The van der Waals surface area contributed by atoms with Gasteiger partial charge >= 0.3 is 0 Å². The van der Waals surface area contributed by atoms with Gasteiger partial charge in [0, 0.05) is 32.7 Å². The average Bonchev–Trinajstić information content (AvgIpc) is 3.21. The summed E-state index contributed by atoms with van der Waals surface area (Å²) >= 11 is 1.66. The van der Waals surface area contributed by atoms with E-state index in [0.717, 1.165) is 31.6 Å². The molecule has 3 heterocycles. The SMILES string of the molecule is OC1CN(C[C@@H]2CCN(c3cccc4scnc34)C2)CC(O)C1O. The number of hydrogen-bond acceptors (Lipinski definition) is 7. The minimum Gasteiger partial charge on any atom is -0.389 e. The highest BCUT2D eigenvalue weighted by molar-refractivity contribution is 7.16. The quantitative estimate of drug-likeness (QED) is 0.750. The number of nitrogens with zero attached hydrogens (tertiary/aromatic N) is 3. The number of rotatable bonds is 3. The van der Waals surface area contributed by atoms with Crippen molar-refractivity contribution in [3.63, 3.8) is 0 Å². The van der Waals surface area contributed by atoms with Crippen LogP contribution in [0.3, 0.4) is 0 Å². The normalized spacial score (nSPS) is 31.9. The van der Waals surface area contributed by atoms with Gasteiger partial charge in [-0.25, -0.2) is 4.98 Å². The number of thiazole rings is 1. The Morgan fingerprint density at radius 3 is 2.71 bits per heavy atom. The maximum atomic E-state index is 9.85. The number of aromatic nitrogens is 1. The van der Waals surface area contributed by atoms with E-state index in [0.29, 0.717) is 19.0 Å². The highest BCUT2D eigenvalue weighted by Crippen LogP contribution is 2.32. The van der Waals surface area contributed by atoms with Gasteiger partial charge in [0.05, 0.1) is 28.1 Å². The Bertz CT molecular complexity index is 697. The fraction of sp³-hybridized carbons (Fsp3) is 0.588. The van der Waals surface area contributed by atoms with Gasteiger partial charge in [0.25, 0.3) is 0 Å². The molecule has 4 rings (SSSR count). The molecule has 2 unspecified atom stereocenters. The molecule has 7 heteroatoms. The molecule has 0 spiro atoms. The second kappa shape index (κ2) is 6.57. The number of piperidine rings is 1. The number of anilines is 1. The summed E-state index contributed by atoms with van der Waals surface area (Å²) in [6, 6.07) is 6.32. The van der Waals surface area contributed by atoms with E-state index >= 15 is 0 Å². The summed E-state index contributed by atoms with van der Waals surface area (Å²) in [5.74, 6) is 0.494. The van der Waals surface area contributed by atoms with Crippen LogP contribution >= 0.6 is 11.3 Å². The highest BCUT2D eigenvalue weighted by Gasteiger charge is 2.35. The van der Waals surface area contributed by atoms with Crippen molar-refractivity contribution < 1.29 is 15.3 Å². The first kappa shape index (κ1) is 16.2. The third-order valence-corrected chi connectivity index (χ3v) is 5.96. The van der Waals surface area contributed by atoms with Crippen molar-refractivity contribution in [3.8, 4) is 0 Å². The summed E-state index contributed by atoms with van der Waals surface area (Å²) in [4.78, 5) is 8.96. The minimum atomic E-state index is -1.02. The number of aliphatic hydroxyl groups excluding tert-OH is 3. The Hall–Kier alpha value is -1.25. The molecule has 1 aromatic carbocycles. The Kier molecular flexibility index (Phi) is 4.44. The largest absolute Gasteiger partial charge is 0.389 e. The van der Waals surface area contributed by atoms with E-state index in [1.165, 1.54) is 10.4 Å². The van der Waals surface area contributed by atoms with Gasteiger partial charge < -0.3 is 20.2 Å². The molecule has 1 aromatic heterocycles. The fourth-order valence-corrected chi connectivity index (χ4v) is 4.62. The number of aliphatic hydroxyl groups is 3. The summed E-state index contributed by atoms with van der Waals surface area (Å²) < 4.78 is 1.22. The molecule has 0 saturated carbocycles. The van der Waals surface area contributed by atoms with E-state index in [1.54, 1.807) is 11.3 Å². The summed E-state index contributed by atoms with van der Waals surface area (Å²) in [5, 5.41) is 29.4. The smallest absolute Gasteiger partial charge is 0.108 e. The first-order valence-electron chi connectivity index (χ1n) is 8.45. The lowest BCUT2D eigenvalue weighted by Crippen LogP contribution is -2.56. The van der Waals surface area contributed by atoms with Crippen LogP contribution in [0.25, 0.3) is 10.2 Å². The third-order valence-electron chi connectivity index (χ3n) is 5.16. The average molecular weight is 349 g/mol. The van der Waals surface area contributed by atoms with Crippen molar-refractivity contribution in [3.05, 3.63) is 23.7 Å². The lowest BCUT2D eigenvalue weighted by Gasteiger charge is -2.38. The molecule has 6 nitrogen and oxygen atoms in total. The van der Waals surface area contributed by atoms with E-state index in [4.69, 9.17) is 0 Å². The van der Waals surface area contributed by atoms with E-state index < -0.39 is 18.3 Å². The molecule has 24 heavy (non-hydrogen) atoms. The molecule has 0 radical (unpaired) electrons. The van der Waals surface area contributed by atoms with Crippen LogP contribution in [-0.2, 0) is 0 Å². The number of β-amino-alcohol motifs (C(OH)–C–C–N with tert-alkyl or cyclic N) is 2. The number of hydrogen-bond donors (Lipinski definition) is 3. The zero-order chi connectivity index (χ0) is 16.7. The first-order chi connectivity index (χ1) is 11.6. The Morgan fingerprint density at radius 2 is 1.92 bits per heavy atom. The Labute approximate surface area is 145 Å². The number of para-hydroxylation sites is 1. The molecule has 2 aliphatic rings. The summed E-state index contributed by atoms with van der Waals surface area (Å²) in [6.07, 6.45) is -1.67. The fourth-order valence-electron chi connectivity index (χ4n) is 3.92. The van der Waals surface area contributed by atoms with Crippen LogP contribution < -0.4 is 4.90 Å². The summed E-state index contributed by atoms with van der Waals surface area (Å²) in [5.41, 5.74) is 4.17. The van der Waals surface area contributed by atoms with Crippen molar-refractivity contribution in [2.24, 2.45) is 5.92 Å². The van der Waals surface area contributed by atoms with Gasteiger partial charge in [-0.15, -0.1) is 11.3 Å². The second-order valence-corrected chi connectivity index (χ2v) is 7.81. The van der Waals surface area contributed by atoms with Crippen molar-refractivity contribution >= 4 is 27.2 Å². The Morgan fingerprint density at radius 1 is 1.12 bits per heavy atom. The molecule has 3 N–H and O–H groups in total. The number of benzene rings is 1. The number of likely N-dealkylation sites (tertiary alicyclic amines) is 1. The molecule has 3 atom stereocenters. The molecule has 0 aliphatic carbocycles. The standard InChI is InChI=1S/C17H23N3O3S/c21-13-8-19(9-14(22)17(13)23)6-11-4-5-20(7-11)12-2-1-3-15-16(12)18-10-24-15/h1-3,10-11,13-14,17,21-23H,4-9H2/t11-,13?,14?,17?/m0/s1. The maximum Gasteiger partial charge on any atom is 0.108 e. The van der Waals surface area contributed by atoms with Gasteiger partial charge in [-0.2, -0.15) is 0 Å². The van der Waals surface area contributed by atoms with Crippen LogP contribution in [0.1, 0.15) is 6.42 Å².